The molecule has 0 spiro atoms. The summed E-state index contributed by atoms with van der Waals surface area (Å²) in [4.78, 5) is 18.3. The lowest BCUT2D eigenvalue weighted by atomic mass is 10.1. The number of aromatic nitrogens is 3. The lowest BCUT2D eigenvalue weighted by Crippen LogP contribution is -2.34. The van der Waals surface area contributed by atoms with E-state index in [9.17, 15) is 13.5 Å². The van der Waals surface area contributed by atoms with Gasteiger partial charge in [-0.05, 0) is 68.9 Å². The van der Waals surface area contributed by atoms with Crippen LogP contribution >= 0.6 is 23.2 Å². The van der Waals surface area contributed by atoms with Crippen LogP contribution in [0.3, 0.4) is 0 Å². The molecule has 2 aliphatic rings. The maximum Gasteiger partial charge on any atom is 0.263 e. The SMILES string of the molecule is O=S(=O)(Nc1ccc(Nc2nc(N3CCCCC3)nc(N3CCCCC3)n2)cc1O)c1ccc(Cl)cc1Cl. The summed E-state index contributed by atoms with van der Waals surface area (Å²) >= 11 is 11.9. The molecule has 1 aromatic heterocycles. The van der Waals surface area contributed by atoms with Crippen molar-refractivity contribution in [2.75, 3.05) is 46.0 Å². The molecule has 202 valence electrons. The Balaban J connectivity index is 1.38. The van der Waals surface area contributed by atoms with Gasteiger partial charge in [0.15, 0.2) is 0 Å². The van der Waals surface area contributed by atoms with Crippen LogP contribution in [0, 0.1) is 0 Å². The van der Waals surface area contributed by atoms with Gasteiger partial charge in [-0.25, -0.2) is 8.42 Å². The Labute approximate surface area is 232 Å². The normalized spacial score (nSPS) is 16.4. The van der Waals surface area contributed by atoms with Crippen LogP contribution in [-0.2, 0) is 10.0 Å². The van der Waals surface area contributed by atoms with Crippen molar-refractivity contribution in [2.45, 2.75) is 43.4 Å². The van der Waals surface area contributed by atoms with Crippen molar-refractivity contribution in [1.29, 1.82) is 0 Å². The lowest BCUT2D eigenvalue weighted by Gasteiger charge is -2.30. The van der Waals surface area contributed by atoms with E-state index in [2.05, 4.69) is 29.8 Å². The van der Waals surface area contributed by atoms with Gasteiger partial charge >= 0.3 is 0 Å². The van der Waals surface area contributed by atoms with Gasteiger partial charge in [0.2, 0.25) is 17.8 Å². The Bertz CT molecular complexity index is 1380. The number of rotatable bonds is 7. The first-order chi connectivity index (χ1) is 18.3. The monoisotopic (exact) mass is 577 g/mol. The number of phenolic OH excluding ortho intramolecular Hbond substituents is 1. The van der Waals surface area contributed by atoms with Crippen LogP contribution < -0.4 is 19.8 Å². The molecule has 10 nitrogen and oxygen atoms in total. The summed E-state index contributed by atoms with van der Waals surface area (Å²) < 4.78 is 28.0. The molecule has 3 N–H and O–H groups in total. The second-order valence-electron chi connectivity index (χ2n) is 9.39. The summed E-state index contributed by atoms with van der Waals surface area (Å²) in [6.45, 7) is 3.60. The molecule has 0 aliphatic carbocycles. The van der Waals surface area contributed by atoms with E-state index >= 15 is 0 Å². The minimum atomic E-state index is -4.06. The smallest absolute Gasteiger partial charge is 0.263 e. The molecule has 0 saturated carbocycles. The highest BCUT2D eigenvalue weighted by molar-refractivity contribution is 7.92. The van der Waals surface area contributed by atoms with Crippen LogP contribution in [0.5, 0.6) is 5.75 Å². The number of halogens is 2. The van der Waals surface area contributed by atoms with Crippen molar-refractivity contribution in [2.24, 2.45) is 0 Å². The highest BCUT2D eigenvalue weighted by Gasteiger charge is 2.22. The molecular weight excluding hydrogens is 549 g/mol. The quantitative estimate of drug-likeness (QED) is 0.316. The lowest BCUT2D eigenvalue weighted by molar-refractivity contribution is 0.478. The first-order valence-electron chi connectivity index (χ1n) is 12.6. The molecule has 0 bridgehead atoms. The van der Waals surface area contributed by atoms with Crippen molar-refractivity contribution in [1.82, 2.24) is 15.0 Å². The van der Waals surface area contributed by atoms with Crippen molar-refractivity contribution < 1.29 is 13.5 Å². The Morgan fingerprint density at radius 2 is 1.39 bits per heavy atom. The van der Waals surface area contributed by atoms with Gasteiger partial charge in [-0.1, -0.05) is 23.2 Å². The van der Waals surface area contributed by atoms with Gasteiger partial charge in [-0.3, -0.25) is 4.72 Å². The Morgan fingerprint density at radius 1 is 0.789 bits per heavy atom. The van der Waals surface area contributed by atoms with Crippen molar-refractivity contribution in [3.05, 3.63) is 46.4 Å². The van der Waals surface area contributed by atoms with Crippen molar-refractivity contribution in [3.63, 3.8) is 0 Å². The van der Waals surface area contributed by atoms with Crippen LogP contribution in [0.25, 0.3) is 0 Å². The fraction of sp³-hybridized carbons (Fsp3) is 0.400. The molecule has 0 amide bonds. The number of sulfonamides is 1. The Kier molecular flexibility index (Phi) is 7.96. The highest BCUT2D eigenvalue weighted by Crippen LogP contribution is 2.33. The topological polar surface area (TPSA) is 124 Å². The van der Waals surface area contributed by atoms with E-state index in [0.29, 0.717) is 28.6 Å². The largest absolute Gasteiger partial charge is 0.506 e. The first-order valence-corrected chi connectivity index (χ1v) is 14.9. The summed E-state index contributed by atoms with van der Waals surface area (Å²) in [7, 11) is -4.06. The fourth-order valence-electron chi connectivity index (χ4n) is 4.60. The summed E-state index contributed by atoms with van der Waals surface area (Å²) in [6, 6.07) is 8.57. The molecule has 5 rings (SSSR count). The molecule has 0 unspecified atom stereocenters. The first kappa shape index (κ1) is 26.6. The third kappa shape index (κ3) is 6.16. The third-order valence-corrected chi connectivity index (χ3v) is 8.65. The zero-order chi connectivity index (χ0) is 26.7. The maximum absolute atomic E-state index is 12.8. The molecule has 2 fully saturated rings. The standard InChI is InChI=1S/C25H29Cl2N7O3S/c26-17-7-10-22(19(27)15-17)38(36,37)32-20-9-8-18(16-21(20)35)28-23-29-24(33-11-3-1-4-12-33)31-25(30-23)34-13-5-2-6-14-34/h7-10,15-16,32,35H,1-6,11-14H2,(H,28,29,30,31). The highest BCUT2D eigenvalue weighted by atomic mass is 35.5. The molecule has 13 heteroatoms. The molecule has 0 atom stereocenters. The van der Waals surface area contributed by atoms with Gasteiger partial charge in [-0.2, -0.15) is 15.0 Å². The summed E-state index contributed by atoms with van der Waals surface area (Å²) in [5.41, 5.74) is 0.496. The van der Waals surface area contributed by atoms with E-state index in [-0.39, 0.29) is 21.4 Å². The second kappa shape index (κ2) is 11.4. The third-order valence-electron chi connectivity index (χ3n) is 6.57. The number of phenols is 1. The number of nitrogens with one attached hydrogen (secondary N) is 2. The van der Waals surface area contributed by atoms with Gasteiger partial charge < -0.3 is 20.2 Å². The van der Waals surface area contributed by atoms with E-state index in [1.54, 1.807) is 6.07 Å². The summed E-state index contributed by atoms with van der Waals surface area (Å²) in [5, 5.41) is 14.1. The Hall–Kier alpha value is -3.02. The van der Waals surface area contributed by atoms with Gasteiger partial charge in [-0.15, -0.1) is 0 Å². The van der Waals surface area contributed by atoms with E-state index in [1.165, 1.54) is 43.2 Å². The van der Waals surface area contributed by atoms with E-state index in [4.69, 9.17) is 28.2 Å². The molecule has 38 heavy (non-hydrogen) atoms. The second-order valence-corrected chi connectivity index (χ2v) is 11.9. The van der Waals surface area contributed by atoms with Crippen molar-refractivity contribution >= 4 is 62.4 Å². The predicted octanol–water partition coefficient (Wildman–Crippen LogP) is 5.41. The van der Waals surface area contributed by atoms with Crippen LogP contribution in [-0.4, -0.2) is 54.7 Å². The van der Waals surface area contributed by atoms with E-state index in [1.807, 2.05) is 0 Å². The van der Waals surface area contributed by atoms with Gasteiger partial charge in [0.25, 0.3) is 10.0 Å². The zero-order valence-electron chi connectivity index (χ0n) is 20.7. The minimum absolute atomic E-state index is 0.000208. The number of hydrogen-bond donors (Lipinski definition) is 3. The summed E-state index contributed by atoms with van der Waals surface area (Å²) in [5.74, 6) is 1.36. The van der Waals surface area contributed by atoms with Crippen LogP contribution in [0.15, 0.2) is 41.3 Å². The fourth-order valence-corrected chi connectivity index (χ4v) is 6.45. The number of nitrogens with zero attached hydrogens (tertiary/aromatic N) is 5. The van der Waals surface area contributed by atoms with Crippen LogP contribution in [0.2, 0.25) is 10.0 Å². The molecule has 3 aromatic rings. The van der Waals surface area contributed by atoms with Crippen LogP contribution in [0.1, 0.15) is 38.5 Å². The number of benzene rings is 2. The minimum Gasteiger partial charge on any atom is -0.506 e. The number of aromatic hydroxyl groups is 1. The molecule has 3 heterocycles. The number of anilines is 5. The molecule has 2 aromatic carbocycles. The van der Waals surface area contributed by atoms with Gasteiger partial charge in [0, 0.05) is 43.0 Å². The molecular formula is C25H29Cl2N7O3S. The molecule has 2 saturated heterocycles. The number of piperidine rings is 2. The Morgan fingerprint density at radius 3 is 1.95 bits per heavy atom. The predicted molar refractivity (Wildman–Crippen MR) is 151 cm³/mol. The average molecular weight is 579 g/mol. The number of hydrogen-bond acceptors (Lipinski definition) is 9. The van der Waals surface area contributed by atoms with Crippen LogP contribution in [0.4, 0.5) is 29.2 Å². The maximum atomic E-state index is 12.8. The molecule has 2 aliphatic heterocycles. The molecule has 0 radical (unpaired) electrons. The van der Waals surface area contributed by atoms with E-state index < -0.39 is 10.0 Å². The van der Waals surface area contributed by atoms with Gasteiger partial charge in [0.1, 0.15) is 10.6 Å². The van der Waals surface area contributed by atoms with Gasteiger partial charge in [0.05, 0.1) is 10.7 Å². The average Bonchev–Trinajstić information content (AvgIpc) is 2.91. The summed E-state index contributed by atoms with van der Waals surface area (Å²) in [6.07, 6.45) is 6.79. The van der Waals surface area contributed by atoms with Crippen molar-refractivity contribution in [3.8, 4) is 5.75 Å². The van der Waals surface area contributed by atoms with E-state index in [0.717, 1.165) is 51.9 Å². The zero-order valence-corrected chi connectivity index (χ0v) is 23.0.